The summed E-state index contributed by atoms with van der Waals surface area (Å²) in [6.45, 7) is 2.29. The molecule has 10 heteroatoms. The maximum Gasteiger partial charge on any atom is 0.264 e. The third-order valence-electron chi connectivity index (χ3n) is 6.03. The number of H-pyrrole nitrogens is 1. The van der Waals surface area contributed by atoms with Crippen LogP contribution < -0.4 is 10.0 Å². The molecule has 2 heterocycles. The number of nitrogen functional groups attached to an aromatic ring is 1. The lowest BCUT2D eigenvalue weighted by atomic mass is 10.1. The molecule has 0 aliphatic carbocycles. The van der Waals surface area contributed by atoms with Gasteiger partial charge in [0.1, 0.15) is 11.6 Å². The smallest absolute Gasteiger partial charge is 0.264 e. The Balaban J connectivity index is 1.48. The molecule has 4 rings (SSSR count). The van der Waals surface area contributed by atoms with Crippen LogP contribution in [0, 0.1) is 11.3 Å². The third kappa shape index (κ3) is 4.22. The molecule has 0 spiro atoms. The molecule has 3 N–H and O–H groups in total. The van der Waals surface area contributed by atoms with E-state index in [2.05, 4.69) is 10.2 Å². The van der Waals surface area contributed by atoms with E-state index in [1.807, 2.05) is 37.3 Å². The van der Waals surface area contributed by atoms with Crippen LogP contribution in [0.2, 0.25) is 0 Å². The highest BCUT2D eigenvalue weighted by atomic mass is 32.2. The number of aryl methyl sites for hydroxylation is 1. The predicted molar refractivity (Wildman–Crippen MR) is 129 cm³/mol. The van der Waals surface area contributed by atoms with Crippen LogP contribution in [0.4, 0.5) is 11.5 Å². The Bertz CT molecular complexity index is 1380. The molecule has 3 aromatic rings. The quantitative estimate of drug-likeness (QED) is 0.536. The standard InChI is InChI=1S/C24H26N6O3S/c1-16-13-17-7-3-4-11-22(17)30(16)34(32,33)19-9-5-8-18(14-19)24(31)29(2)12-6-10-21-20(15-25)23(26)28-27-21/h3-5,7-9,11,14,16H,6,10,12-13H2,1-2H3,(H3,26,27,28). The largest absolute Gasteiger partial charge is 0.381 e. The van der Waals surface area contributed by atoms with Crippen molar-refractivity contribution in [3.05, 3.63) is 70.9 Å². The monoisotopic (exact) mass is 478 g/mol. The summed E-state index contributed by atoms with van der Waals surface area (Å²) in [7, 11) is -2.17. The number of anilines is 2. The predicted octanol–water partition coefficient (Wildman–Crippen LogP) is 2.71. The fraction of sp³-hybridized carbons (Fsp3) is 0.292. The molecule has 0 saturated heterocycles. The number of nitrogens with two attached hydrogens (primary N) is 1. The van der Waals surface area contributed by atoms with E-state index < -0.39 is 10.0 Å². The number of nitriles is 1. The van der Waals surface area contributed by atoms with Crippen LogP contribution in [0.25, 0.3) is 0 Å². The van der Waals surface area contributed by atoms with Crippen LogP contribution in [0.15, 0.2) is 53.4 Å². The molecule has 2 aromatic carbocycles. The van der Waals surface area contributed by atoms with Crippen molar-refractivity contribution in [3.8, 4) is 6.07 Å². The number of hydrogen-bond acceptors (Lipinski definition) is 6. The topological polar surface area (TPSA) is 136 Å². The number of nitrogens with one attached hydrogen (secondary N) is 1. The van der Waals surface area contributed by atoms with Crippen LogP contribution >= 0.6 is 0 Å². The van der Waals surface area contributed by atoms with Gasteiger partial charge in [0.2, 0.25) is 0 Å². The van der Waals surface area contributed by atoms with Gasteiger partial charge in [0.25, 0.3) is 15.9 Å². The van der Waals surface area contributed by atoms with Gasteiger partial charge in [-0.1, -0.05) is 24.3 Å². The van der Waals surface area contributed by atoms with Crippen molar-refractivity contribution in [2.24, 2.45) is 0 Å². The average molecular weight is 479 g/mol. The summed E-state index contributed by atoms with van der Waals surface area (Å²) in [4.78, 5) is 14.6. The molecule has 9 nitrogen and oxygen atoms in total. The number of nitrogens with zero attached hydrogens (tertiary/aromatic N) is 4. The summed E-state index contributed by atoms with van der Waals surface area (Å²) < 4.78 is 28.4. The van der Waals surface area contributed by atoms with E-state index >= 15 is 0 Å². The maximum absolute atomic E-state index is 13.5. The molecule has 0 saturated carbocycles. The lowest BCUT2D eigenvalue weighted by Crippen LogP contribution is -2.36. The van der Waals surface area contributed by atoms with Crippen LogP contribution in [0.3, 0.4) is 0 Å². The number of sulfonamides is 1. The fourth-order valence-corrected chi connectivity index (χ4v) is 6.06. The molecule has 1 aromatic heterocycles. The Labute approximate surface area is 198 Å². The summed E-state index contributed by atoms with van der Waals surface area (Å²) >= 11 is 0. The normalized spacial score (nSPS) is 15.1. The number of hydrogen-bond donors (Lipinski definition) is 2. The van der Waals surface area contributed by atoms with Crippen molar-refractivity contribution in [1.29, 1.82) is 5.26 Å². The van der Waals surface area contributed by atoms with Gasteiger partial charge in [0.05, 0.1) is 16.3 Å². The second-order valence-corrected chi connectivity index (χ2v) is 10.2. The van der Waals surface area contributed by atoms with Crippen molar-refractivity contribution < 1.29 is 13.2 Å². The Morgan fingerprint density at radius 2 is 2.06 bits per heavy atom. The van der Waals surface area contributed by atoms with Gasteiger partial charge in [0.15, 0.2) is 5.82 Å². The molecule has 0 radical (unpaired) electrons. The van der Waals surface area contributed by atoms with Gasteiger partial charge in [-0.2, -0.15) is 10.4 Å². The minimum absolute atomic E-state index is 0.0851. The first kappa shape index (κ1) is 23.3. The highest BCUT2D eigenvalue weighted by molar-refractivity contribution is 7.92. The zero-order valence-corrected chi connectivity index (χ0v) is 19.8. The lowest BCUT2D eigenvalue weighted by molar-refractivity contribution is 0.0793. The van der Waals surface area contributed by atoms with Gasteiger partial charge in [0, 0.05) is 25.2 Å². The SMILES string of the molecule is CC1Cc2ccccc2N1S(=O)(=O)c1cccc(C(=O)N(C)CCCc2[nH]nc(N)c2C#N)c1. The highest BCUT2D eigenvalue weighted by Gasteiger charge is 2.36. The number of carbonyl (C=O) groups is 1. The van der Waals surface area contributed by atoms with Crippen LogP contribution in [-0.2, 0) is 22.9 Å². The van der Waals surface area contributed by atoms with Gasteiger partial charge in [-0.3, -0.25) is 14.2 Å². The van der Waals surface area contributed by atoms with E-state index in [9.17, 15) is 13.2 Å². The molecule has 0 fully saturated rings. The number of aromatic amines is 1. The molecule has 176 valence electrons. The zero-order chi connectivity index (χ0) is 24.5. The van der Waals surface area contributed by atoms with Crippen molar-refractivity contribution >= 4 is 27.4 Å². The molecule has 1 aliphatic heterocycles. The number of amides is 1. The van der Waals surface area contributed by atoms with E-state index in [4.69, 9.17) is 11.0 Å². The van der Waals surface area contributed by atoms with Crippen molar-refractivity contribution in [3.63, 3.8) is 0 Å². The minimum Gasteiger partial charge on any atom is -0.381 e. The number of fused-ring (bicyclic) bond motifs is 1. The molecule has 34 heavy (non-hydrogen) atoms. The minimum atomic E-state index is -3.83. The van der Waals surface area contributed by atoms with E-state index in [0.29, 0.717) is 48.3 Å². The first-order chi connectivity index (χ1) is 16.2. The Morgan fingerprint density at radius 1 is 1.29 bits per heavy atom. The van der Waals surface area contributed by atoms with Gasteiger partial charge in [-0.25, -0.2) is 8.42 Å². The van der Waals surface area contributed by atoms with Gasteiger partial charge in [-0.05, 0) is 56.0 Å². The first-order valence-electron chi connectivity index (χ1n) is 10.9. The average Bonchev–Trinajstić information content (AvgIpc) is 3.36. The van der Waals surface area contributed by atoms with E-state index in [0.717, 1.165) is 5.56 Å². The first-order valence-corrected chi connectivity index (χ1v) is 12.4. The number of rotatable bonds is 7. The van der Waals surface area contributed by atoms with Gasteiger partial charge in [-0.15, -0.1) is 0 Å². The van der Waals surface area contributed by atoms with Crippen LogP contribution in [0.1, 0.15) is 40.5 Å². The van der Waals surface area contributed by atoms with E-state index in [1.54, 1.807) is 19.2 Å². The van der Waals surface area contributed by atoms with E-state index in [-0.39, 0.29) is 22.7 Å². The molecular weight excluding hydrogens is 452 g/mol. The molecule has 0 bridgehead atoms. The summed E-state index contributed by atoms with van der Waals surface area (Å²) in [6.07, 6.45) is 1.73. The van der Waals surface area contributed by atoms with Gasteiger partial charge >= 0.3 is 0 Å². The highest BCUT2D eigenvalue weighted by Crippen LogP contribution is 2.36. The zero-order valence-electron chi connectivity index (χ0n) is 19.0. The summed E-state index contributed by atoms with van der Waals surface area (Å²) in [6, 6.07) is 15.4. The second kappa shape index (κ2) is 9.19. The Hall–Kier alpha value is -3.84. The van der Waals surface area contributed by atoms with E-state index in [1.165, 1.54) is 21.3 Å². The number of aromatic nitrogens is 2. The molecule has 1 amide bonds. The molecule has 1 unspecified atom stereocenters. The van der Waals surface area contributed by atoms with Crippen molar-refractivity contribution in [1.82, 2.24) is 15.1 Å². The third-order valence-corrected chi connectivity index (χ3v) is 7.95. The molecule has 1 atom stereocenters. The van der Waals surface area contributed by atoms with Gasteiger partial charge < -0.3 is 10.6 Å². The maximum atomic E-state index is 13.5. The molecular formula is C24H26N6O3S. The summed E-state index contributed by atoms with van der Waals surface area (Å²) in [5, 5.41) is 15.8. The summed E-state index contributed by atoms with van der Waals surface area (Å²) in [5.41, 5.74) is 8.58. The van der Waals surface area contributed by atoms with Crippen molar-refractivity contribution in [2.75, 3.05) is 23.6 Å². The number of para-hydroxylation sites is 1. The Kier molecular flexibility index (Phi) is 6.30. The number of benzene rings is 2. The Morgan fingerprint density at radius 3 is 2.82 bits per heavy atom. The summed E-state index contributed by atoms with van der Waals surface area (Å²) in [5.74, 6) is -0.119. The second-order valence-electron chi connectivity index (χ2n) is 8.42. The van der Waals surface area contributed by atoms with Crippen LogP contribution in [-0.4, -0.2) is 49.1 Å². The fourth-order valence-electron chi connectivity index (χ4n) is 4.32. The molecule has 1 aliphatic rings. The van der Waals surface area contributed by atoms with Crippen LogP contribution in [0.5, 0.6) is 0 Å². The number of carbonyl (C=O) groups excluding carboxylic acids is 1. The lowest BCUT2D eigenvalue weighted by Gasteiger charge is -2.25. The van der Waals surface area contributed by atoms with Crippen molar-refractivity contribution in [2.45, 2.75) is 37.1 Å².